The van der Waals surface area contributed by atoms with E-state index in [2.05, 4.69) is 26.0 Å². The fourth-order valence-electron chi connectivity index (χ4n) is 2.99. The topological polar surface area (TPSA) is 129 Å². The highest BCUT2D eigenvalue weighted by Gasteiger charge is 2.29. The third-order valence-corrected chi connectivity index (χ3v) is 5.49. The first-order chi connectivity index (χ1) is 14.1. The Balaban J connectivity index is 1.49. The fraction of sp³-hybridized carbons (Fsp3) is 0.526. The van der Waals surface area contributed by atoms with E-state index < -0.39 is 17.4 Å². The summed E-state index contributed by atoms with van der Waals surface area (Å²) in [7, 11) is 0. The van der Waals surface area contributed by atoms with Gasteiger partial charge in [0.05, 0.1) is 5.01 Å². The Morgan fingerprint density at radius 1 is 1.17 bits per heavy atom. The quantitative estimate of drug-likeness (QED) is 0.636. The number of aromatic amines is 1. The maximum Gasteiger partial charge on any atom is 0.410 e. The second-order valence-electron chi connectivity index (χ2n) is 8.16. The maximum absolute atomic E-state index is 12.3. The number of hydrazine groups is 1. The summed E-state index contributed by atoms with van der Waals surface area (Å²) in [5.74, 6) is -0.834. The zero-order chi connectivity index (χ0) is 21.9. The van der Waals surface area contributed by atoms with E-state index in [1.54, 1.807) is 23.3 Å². The van der Waals surface area contributed by atoms with Crippen LogP contribution in [0.15, 0.2) is 11.4 Å². The second-order valence-corrected chi connectivity index (χ2v) is 9.05. The molecule has 0 radical (unpaired) electrons. The number of carbonyl (C=O) groups excluding carboxylic acids is 3. The zero-order valence-electron chi connectivity index (χ0n) is 17.4. The molecule has 2 aromatic heterocycles. The van der Waals surface area contributed by atoms with Crippen LogP contribution < -0.4 is 10.9 Å². The van der Waals surface area contributed by atoms with Crippen LogP contribution in [0.1, 0.15) is 71.2 Å². The molecule has 30 heavy (non-hydrogen) atoms. The van der Waals surface area contributed by atoms with E-state index in [-0.39, 0.29) is 23.4 Å². The number of H-pyrrole nitrogens is 1. The first kappa shape index (κ1) is 21.8. The SMILES string of the molecule is Cc1cc(C(=O)NNC(=O)c2csc(C3CCN(C(=O)OC(C)(C)C)CC3)n2)n[nH]1. The van der Waals surface area contributed by atoms with Gasteiger partial charge in [-0.05, 0) is 46.6 Å². The molecular weight excluding hydrogens is 408 g/mol. The van der Waals surface area contributed by atoms with E-state index in [9.17, 15) is 14.4 Å². The number of piperidine rings is 1. The summed E-state index contributed by atoms with van der Waals surface area (Å²) in [6.07, 6.45) is 1.20. The molecule has 3 heterocycles. The number of likely N-dealkylation sites (tertiary alicyclic amines) is 1. The lowest BCUT2D eigenvalue weighted by Crippen LogP contribution is -2.42. The van der Waals surface area contributed by atoms with Crippen molar-refractivity contribution in [2.24, 2.45) is 0 Å². The Morgan fingerprint density at radius 3 is 2.37 bits per heavy atom. The Morgan fingerprint density at radius 2 is 1.80 bits per heavy atom. The number of amides is 3. The van der Waals surface area contributed by atoms with Crippen molar-refractivity contribution in [3.8, 4) is 0 Å². The minimum atomic E-state index is -0.517. The lowest BCUT2D eigenvalue weighted by Gasteiger charge is -2.32. The van der Waals surface area contributed by atoms with Gasteiger partial charge in [-0.1, -0.05) is 0 Å². The van der Waals surface area contributed by atoms with E-state index in [1.165, 1.54) is 11.3 Å². The molecule has 3 rings (SSSR count). The van der Waals surface area contributed by atoms with Gasteiger partial charge in [-0.25, -0.2) is 9.78 Å². The minimum absolute atomic E-state index is 0.178. The number of carbonyl (C=O) groups is 3. The molecule has 11 heteroatoms. The van der Waals surface area contributed by atoms with Gasteiger partial charge in [0.25, 0.3) is 11.8 Å². The van der Waals surface area contributed by atoms with Crippen LogP contribution in [0, 0.1) is 6.92 Å². The number of thiazole rings is 1. The molecule has 0 bridgehead atoms. The number of hydrogen-bond acceptors (Lipinski definition) is 7. The van der Waals surface area contributed by atoms with Crippen LogP contribution >= 0.6 is 11.3 Å². The molecular formula is C19H26N6O4S. The van der Waals surface area contributed by atoms with Crippen molar-refractivity contribution in [1.82, 2.24) is 30.9 Å². The molecule has 0 atom stereocenters. The first-order valence-corrected chi connectivity index (χ1v) is 10.6. The van der Waals surface area contributed by atoms with E-state index in [0.717, 1.165) is 23.5 Å². The number of hydrogen-bond donors (Lipinski definition) is 3. The van der Waals surface area contributed by atoms with Gasteiger partial charge in [0.15, 0.2) is 5.69 Å². The number of rotatable bonds is 3. The Kier molecular flexibility index (Phi) is 6.40. The fourth-order valence-corrected chi connectivity index (χ4v) is 3.96. The van der Waals surface area contributed by atoms with Crippen molar-refractivity contribution in [2.75, 3.05) is 13.1 Å². The molecule has 10 nitrogen and oxygen atoms in total. The van der Waals surface area contributed by atoms with Crippen molar-refractivity contribution < 1.29 is 19.1 Å². The average Bonchev–Trinajstić information content (AvgIpc) is 3.34. The molecule has 0 aliphatic carbocycles. The Labute approximate surface area is 178 Å². The monoisotopic (exact) mass is 434 g/mol. The normalized spacial score (nSPS) is 15.0. The molecule has 1 saturated heterocycles. The molecule has 0 aromatic carbocycles. The zero-order valence-corrected chi connectivity index (χ0v) is 18.3. The largest absolute Gasteiger partial charge is 0.444 e. The number of aromatic nitrogens is 3. The van der Waals surface area contributed by atoms with Gasteiger partial charge in [0.2, 0.25) is 0 Å². The van der Waals surface area contributed by atoms with Crippen LogP contribution in [0.3, 0.4) is 0 Å². The van der Waals surface area contributed by atoms with Crippen LogP contribution in [0.5, 0.6) is 0 Å². The maximum atomic E-state index is 12.3. The lowest BCUT2D eigenvalue weighted by molar-refractivity contribution is 0.0204. The minimum Gasteiger partial charge on any atom is -0.444 e. The number of nitrogens with zero attached hydrogens (tertiary/aromatic N) is 3. The predicted octanol–water partition coefficient (Wildman–Crippen LogP) is 2.36. The summed E-state index contributed by atoms with van der Waals surface area (Å²) in [4.78, 5) is 42.5. The van der Waals surface area contributed by atoms with Crippen LogP contribution in [-0.2, 0) is 4.74 Å². The molecule has 3 N–H and O–H groups in total. The molecule has 162 valence electrons. The molecule has 0 saturated carbocycles. The Bertz CT molecular complexity index is 924. The van der Waals surface area contributed by atoms with E-state index >= 15 is 0 Å². The highest BCUT2D eigenvalue weighted by Crippen LogP contribution is 2.30. The summed E-state index contributed by atoms with van der Waals surface area (Å²) in [5, 5.41) is 9.00. The van der Waals surface area contributed by atoms with Gasteiger partial charge in [0.1, 0.15) is 11.3 Å². The molecule has 2 aromatic rings. The smallest absolute Gasteiger partial charge is 0.410 e. The van der Waals surface area contributed by atoms with Crippen LogP contribution in [-0.4, -0.2) is 56.7 Å². The third-order valence-electron chi connectivity index (χ3n) is 4.48. The molecule has 1 aliphatic rings. The summed E-state index contributed by atoms with van der Waals surface area (Å²) in [6.45, 7) is 8.48. The van der Waals surface area contributed by atoms with Gasteiger partial charge in [-0.2, -0.15) is 5.10 Å². The van der Waals surface area contributed by atoms with Crippen molar-refractivity contribution in [3.63, 3.8) is 0 Å². The summed E-state index contributed by atoms with van der Waals surface area (Å²) < 4.78 is 5.41. The van der Waals surface area contributed by atoms with Crippen molar-refractivity contribution >= 4 is 29.2 Å². The van der Waals surface area contributed by atoms with Gasteiger partial charge < -0.3 is 9.64 Å². The molecule has 1 fully saturated rings. The molecule has 1 aliphatic heterocycles. The standard InChI is InChI=1S/C19H26N6O4S/c1-11-9-13(22-21-11)15(26)23-24-16(27)14-10-30-17(20-14)12-5-7-25(8-6-12)18(28)29-19(2,3)4/h9-10,12H,5-8H2,1-4H3,(H,21,22)(H,23,26)(H,24,27). The van der Waals surface area contributed by atoms with E-state index in [0.29, 0.717) is 13.1 Å². The van der Waals surface area contributed by atoms with Gasteiger partial charge >= 0.3 is 6.09 Å². The van der Waals surface area contributed by atoms with E-state index in [1.807, 2.05) is 20.8 Å². The average molecular weight is 435 g/mol. The Hall–Kier alpha value is -2.95. The predicted molar refractivity (Wildman–Crippen MR) is 110 cm³/mol. The lowest BCUT2D eigenvalue weighted by atomic mass is 9.98. The molecule has 0 unspecified atom stereocenters. The van der Waals surface area contributed by atoms with Crippen LogP contribution in [0.4, 0.5) is 4.79 Å². The highest BCUT2D eigenvalue weighted by atomic mass is 32.1. The third kappa shape index (κ3) is 5.56. The highest BCUT2D eigenvalue weighted by molar-refractivity contribution is 7.09. The van der Waals surface area contributed by atoms with Crippen molar-refractivity contribution in [2.45, 2.75) is 52.1 Å². The van der Waals surface area contributed by atoms with Crippen molar-refractivity contribution in [3.05, 3.63) is 33.5 Å². The first-order valence-electron chi connectivity index (χ1n) is 9.68. The van der Waals surface area contributed by atoms with Gasteiger partial charge in [-0.3, -0.25) is 25.5 Å². The summed E-state index contributed by atoms with van der Waals surface area (Å²) in [6, 6.07) is 1.58. The van der Waals surface area contributed by atoms with Gasteiger partial charge in [0, 0.05) is 30.1 Å². The summed E-state index contributed by atoms with van der Waals surface area (Å²) >= 11 is 1.40. The number of ether oxygens (including phenoxy) is 1. The van der Waals surface area contributed by atoms with E-state index in [4.69, 9.17) is 4.74 Å². The molecule has 0 spiro atoms. The number of nitrogens with one attached hydrogen (secondary N) is 3. The van der Waals surface area contributed by atoms with Crippen LogP contribution in [0.25, 0.3) is 0 Å². The number of aryl methyl sites for hydroxylation is 1. The molecule has 3 amide bonds. The summed E-state index contributed by atoms with van der Waals surface area (Å²) in [5.41, 5.74) is 5.32. The second kappa shape index (κ2) is 8.82. The van der Waals surface area contributed by atoms with Crippen molar-refractivity contribution in [1.29, 1.82) is 0 Å². The van der Waals surface area contributed by atoms with Crippen LogP contribution in [0.2, 0.25) is 0 Å². The van der Waals surface area contributed by atoms with Gasteiger partial charge in [-0.15, -0.1) is 11.3 Å².